The van der Waals surface area contributed by atoms with E-state index < -0.39 is 0 Å². The molecule has 1 fully saturated rings. The smallest absolute Gasteiger partial charge is 0.194 e. The second-order valence-electron chi connectivity index (χ2n) is 6.71. The molecule has 0 amide bonds. The fraction of sp³-hybridized carbons (Fsp3) is 0.611. The highest BCUT2D eigenvalue weighted by atomic mass is 127. The number of nitrogens with zero attached hydrogens (tertiary/aromatic N) is 2. The SMILES string of the molecule is CCNC(=NCc1ccccc1COC)N1CCC(C)(C)C1.I. The second-order valence-corrected chi connectivity index (χ2v) is 6.71. The number of guanidine groups is 1. The van der Waals surface area contributed by atoms with Crippen molar-refractivity contribution in [3.05, 3.63) is 35.4 Å². The first kappa shape index (κ1) is 20.2. The Balaban J connectivity index is 0.00000264. The minimum Gasteiger partial charge on any atom is -0.380 e. The van der Waals surface area contributed by atoms with Crippen molar-refractivity contribution in [2.75, 3.05) is 26.7 Å². The summed E-state index contributed by atoms with van der Waals surface area (Å²) < 4.78 is 5.28. The first-order valence-corrected chi connectivity index (χ1v) is 8.15. The molecule has 2 rings (SSSR count). The van der Waals surface area contributed by atoms with E-state index in [1.165, 1.54) is 17.5 Å². The Kier molecular flexibility index (Phi) is 8.33. The Labute approximate surface area is 157 Å². The number of nitrogens with one attached hydrogen (secondary N) is 1. The molecule has 4 nitrogen and oxygen atoms in total. The summed E-state index contributed by atoms with van der Waals surface area (Å²) in [6, 6.07) is 8.36. The van der Waals surface area contributed by atoms with Gasteiger partial charge in [-0.1, -0.05) is 38.1 Å². The molecule has 1 aromatic carbocycles. The molecule has 0 radical (unpaired) electrons. The zero-order chi connectivity index (χ0) is 16.0. The van der Waals surface area contributed by atoms with Crippen molar-refractivity contribution >= 4 is 29.9 Å². The van der Waals surface area contributed by atoms with E-state index in [0.717, 1.165) is 25.6 Å². The van der Waals surface area contributed by atoms with Gasteiger partial charge in [0.15, 0.2) is 5.96 Å². The first-order valence-electron chi connectivity index (χ1n) is 8.15. The van der Waals surface area contributed by atoms with Crippen LogP contribution in [0.5, 0.6) is 0 Å². The average molecular weight is 431 g/mol. The van der Waals surface area contributed by atoms with E-state index >= 15 is 0 Å². The van der Waals surface area contributed by atoms with E-state index in [9.17, 15) is 0 Å². The van der Waals surface area contributed by atoms with Gasteiger partial charge in [-0.2, -0.15) is 0 Å². The van der Waals surface area contributed by atoms with Gasteiger partial charge in [0.2, 0.25) is 0 Å². The fourth-order valence-electron chi connectivity index (χ4n) is 2.89. The maximum atomic E-state index is 5.28. The minimum atomic E-state index is 0. The molecule has 0 aromatic heterocycles. The van der Waals surface area contributed by atoms with Gasteiger partial charge in [0.1, 0.15) is 0 Å². The van der Waals surface area contributed by atoms with Gasteiger partial charge in [-0.15, -0.1) is 24.0 Å². The number of hydrogen-bond acceptors (Lipinski definition) is 2. The molecular weight excluding hydrogens is 401 g/mol. The number of aliphatic imine (C=N–C) groups is 1. The fourth-order valence-corrected chi connectivity index (χ4v) is 2.89. The summed E-state index contributed by atoms with van der Waals surface area (Å²) in [4.78, 5) is 7.23. The molecule has 1 N–H and O–H groups in total. The summed E-state index contributed by atoms with van der Waals surface area (Å²) in [7, 11) is 1.73. The number of methoxy groups -OCH3 is 1. The highest BCUT2D eigenvalue weighted by Crippen LogP contribution is 2.28. The van der Waals surface area contributed by atoms with Crippen molar-refractivity contribution < 1.29 is 4.74 Å². The zero-order valence-electron chi connectivity index (χ0n) is 14.8. The molecule has 0 aliphatic carbocycles. The lowest BCUT2D eigenvalue weighted by Crippen LogP contribution is -2.40. The normalized spacial score (nSPS) is 17.0. The van der Waals surface area contributed by atoms with Crippen LogP contribution in [0.4, 0.5) is 0 Å². The van der Waals surface area contributed by atoms with E-state index in [1.807, 2.05) is 0 Å². The second kappa shape index (κ2) is 9.47. The van der Waals surface area contributed by atoms with Crippen LogP contribution < -0.4 is 5.32 Å². The molecule has 0 spiro atoms. The first-order chi connectivity index (χ1) is 10.6. The van der Waals surface area contributed by atoms with Crippen molar-refractivity contribution in [1.29, 1.82) is 0 Å². The van der Waals surface area contributed by atoms with E-state index in [0.29, 0.717) is 18.6 Å². The number of benzene rings is 1. The van der Waals surface area contributed by atoms with Gasteiger partial charge in [-0.05, 0) is 29.9 Å². The number of rotatable bonds is 5. The molecule has 1 aliphatic heterocycles. The lowest BCUT2D eigenvalue weighted by atomic mass is 9.93. The number of hydrogen-bond donors (Lipinski definition) is 1. The van der Waals surface area contributed by atoms with E-state index in [2.05, 4.69) is 55.3 Å². The lowest BCUT2D eigenvalue weighted by molar-refractivity contribution is 0.184. The quantitative estimate of drug-likeness (QED) is 0.440. The monoisotopic (exact) mass is 431 g/mol. The third-order valence-electron chi connectivity index (χ3n) is 4.13. The molecule has 1 aromatic rings. The number of ether oxygens (including phenoxy) is 1. The molecule has 1 saturated heterocycles. The predicted molar refractivity (Wildman–Crippen MR) is 107 cm³/mol. The molecule has 1 aliphatic rings. The van der Waals surface area contributed by atoms with Gasteiger partial charge in [0, 0.05) is 26.7 Å². The summed E-state index contributed by atoms with van der Waals surface area (Å²) in [6.07, 6.45) is 1.22. The van der Waals surface area contributed by atoms with Crippen molar-refractivity contribution in [3.63, 3.8) is 0 Å². The van der Waals surface area contributed by atoms with Crippen LogP contribution in [-0.4, -0.2) is 37.6 Å². The largest absolute Gasteiger partial charge is 0.380 e. The third kappa shape index (κ3) is 5.95. The Hall–Kier alpha value is -0.820. The molecule has 0 saturated carbocycles. The van der Waals surface area contributed by atoms with Gasteiger partial charge in [0.05, 0.1) is 13.2 Å². The highest BCUT2D eigenvalue weighted by Gasteiger charge is 2.30. The van der Waals surface area contributed by atoms with Crippen LogP contribution in [0.3, 0.4) is 0 Å². The molecule has 0 atom stereocenters. The summed E-state index contributed by atoms with van der Waals surface area (Å²) in [5.41, 5.74) is 2.83. The summed E-state index contributed by atoms with van der Waals surface area (Å²) in [5.74, 6) is 1.03. The Morgan fingerprint density at radius 2 is 2.00 bits per heavy atom. The lowest BCUT2D eigenvalue weighted by Gasteiger charge is -2.23. The van der Waals surface area contributed by atoms with Crippen LogP contribution in [0.1, 0.15) is 38.3 Å². The topological polar surface area (TPSA) is 36.9 Å². The Bertz CT molecular complexity index is 517. The van der Waals surface area contributed by atoms with Crippen molar-refractivity contribution in [1.82, 2.24) is 10.2 Å². The zero-order valence-corrected chi connectivity index (χ0v) is 17.1. The van der Waals surface area contributed by atoms with Crippen LogP contribution in [0.25, 0.3) is 0 Å². The average Bonchev–Trinajstić information content (AvgIpc) is 2.85. The van der Waals surface area contributed by atoms with Crippen LogP contribution >= 0.6 is 24.0 Å². The summed E-state index contributed by atoms with van der Waals surface area (Å²) >= 11 is 0. The van der Waals surface area contributed by atoms with Crippen LogP contribution in [-0.2, 0) is 17.9 Å². The van der Waals surface area contributed by atoms with E-state index in [-0.39, 0.29) is 24.0 Å². The maximum Gasteiger partial charge on any atom is 0.194 e. The van der Waals surface area contributed by atoms with Gasteiger partial charge < -0.3 is 15.0 Å². The molecule has 1 heterocycles. The van der Waals surface area contributed by atoms with E-state index in [1.54, 1.807) is 7.11 Å². The molecule has 130 valence electrons. The molecule has 23 heavy (non-hydrogen) atoms. The molecular formula is C18H30IN3O. The highest BCUT2D eigenvalue weighted by molar-refractivity contribution is 14.0. The molecule has 0 unspecified atom stereocenters. The summed E-state index contributed by atoms with van der Waals surface area (Å²) in [5, 5.41) is 3.43. The van der Waals surface area contributed by atoms with Crippen LogP contribution in [0, 0.1) is 5.41 Å². The van der Waals surface area contributed by atoms with Crippen LogP contribution in [0.15, 0.2) is 29.3 Å². The maximum absolute atomic E-state index is 5.28. The van der Waals surface area contributed by atoms with Crippen LogP contribution in [0.2, 0.25) is 0 Å². The van der Waals surface area contributed by atoms with Gasteiger partial charge in [-0.25, -0.2) is 4.99 Å². The standard InChI is InChI=1S/C18H29N3O.HI/c1-5-19-17(21-11-10-18(2,3)14-21)20-12-15-8-6-7-9-16(15)13-22-4;/h6-9H,5,10-14H2,1-4H3,(H,19,20);1H. The van der Waals surface area contributed by atoms with E-state index in [4.69, 9.17) is 9.73 Å². The Morgan fingerprint density at radius 1 is 1.30 bits per heavy atom. The molecule has 0 bridgehead atoms. The van der Waals surface area contributed by atoms with Gasteiger partial charge >= 0.3 is 0 Å². The number of likely N-dealkylation sites (tertiary alicyclic amines) is 1. The summed E-state index contributed by atoms with van der Waals surface area (Å²) in [6.45, 7) is 11.1. The third-order valence-corrected chi connectivity index (χ3v) is 4.13. The van der Waals surface area contributed by atoms with Crippen molar-refractivity contribution in [3.8, 4) is 0 Å². The van der Waals surface area contributed by atoms with Crippen molar-refractivity contribution in [2.24, 2.45) is 10.4 Å². The van der Waals surface area contributed by atoms with Gasteiger partial charge in [0.25, 0.3) is 0 Å². The number of halogens is 1. The minimum absolute atomic E-state index is 0. The Morgan fingerprint density at radius 3 is 2.57 bits per heavy atom. The van der Waals surface area contributed by atoms with Gasteiger partial charge in [-0.3, -0.25) is 0 Å². The van der Waals surface area contributed by atoms with Crippen molar-refractivity contribution in [2.45, 2.75) is 40.3 Å². The molecule has 5 heteroatoms. The predicted octanol–water partition coefficient (Wildman–Crippen LogP) is 3.65.